The van der Waals surface area contributed by atoms with Crippen molar-refractivity contribution in [1.29, 1.82) is 0 Å². The molecule has 3 heteroatoms. The lowest BCUT2D eigenvalue weighted by molar-refractivity contribution is -0.137. The second-order valence-electron chi connectivity index (χ2n) is 2.59. The highest BCUT2D eigenvalue weighted by Gasteiger charge is 2.18. The van der Waals surface area contributed by atoms with Crippen LogP contribution in [0.4, 0.5) is 0 Å². The van der Waals surface area contributed by atoms with Crippen LogP contribution in [0.5, 0.6) is 0 Å². The summed E-state index contributed by atoms with van der Waals surface area (Å²) in [5.74, 6) is -0.359. The minimum Gasteiger partial charge on any atom is -0.480 e. The third kappa shape index (κ3) is 2.19. The smallest absolute Gasteiger partial charge is 0.324 e. The van der Waals surface area contributed by atoms with Gasteiger partial charge >= 0.3 is 5.97 Å². The van der Waals surface area contributed by atoms with Crippen LogP contribution in [0.2, 0.25) is 0 Å². The van der Waals surface area contributed by atoms with E-state index in [1.807, 2.05) is 6.08 Å². The SMILES string of the molecule is N[C@@H](C=CC1CC1)C(=O)O. The predicted molar refractivity (Wildman–Crippen MR) is 37.5 cm³/mol. The summed E-state index contributed by atoms with van der Waals surface area (Å²) in [7, 11) is 0. The van der Waals surface area contributed by atoms with Crippen LogP contribution < -0.4 is 5.73 Å². The first-order valence-electron chi connectivity index (χ1n) is 3.37. The van der Waals surface area contributed by atoms with Gasteiger partial charge in [-0.3, -0.25) is 4.79 Å². The van der Waals surface area contributed by atoms with Gasteiger partial charge < -0.3 is 10.8 Å². The van der Waals surface area contributed by atoms with Gasteiger partial charge in [0.2, 0.25) is 0 Å². The van der Waals surface area contributed by atoms with Crippen molar-refractivity contribution in [3.05, 3.63) is 12.2 Å². The summed E-state index contributed by atoms with van der Waals surface area (Å²) in [6, 6.07) is -0.819. The van der Waals surface area contributed by atoms with Crippen molar-refractivity contribution in [3.63, 3.8) is 0 Å². The molecule has 0 radical (unpaired) electrons. The second kappa shape index (κ2) is 2.84. The topological polar surface area (TPSA) is 63.3 Å². The van der Waals surface area contributed by atoms with Gasteiger partial charge in [0.25, 0.3) is 0 Å². The zero-order valence-electron chi connectivity index (χ0n) is 5.66. The van der Waals surface area contributed by atoms with E-state index in [9.17, 15) is 4.79 Å². The molecule has 0 aromatic heterocycles. The number of allylic oxidation sites excluding steroid dienone is 1. The number of rotatable bonds is 3. The standard InChI is InChI=1S/C7H11NO2/c8-6(7(9)10)4-3-5-1-2-5/h3-6H,1-2,8H2,(H,9,10)/t6-/m0/s1. The van der Waals surface area contributed by atoms with Crippen molar-refractivity contribution in [1.82, 2.24) is 0 Å². The Bertz CT molecular complexity index is 161. The van der Waals surface area contributed by atoms with E-state index in [4.69, 9.17) is 10.8 Å². The zero-order chi connectivity index (χ0) is 7.56. The Morgan fingerprint density at radius 2 is 2.30 bits per heavy atom. The van der Waals surface area contributed by atoms with Crippen molar-refractivity contribution in [2.45, 2.75) is 18.9 Å². The van der Waals surface area contributed by atoms with E-state index in [0.717, 1.165) is 0 Å². The highest BCUT2D eigenvalue weighted by molar-refractivity contribution is 5.75. The summed E-state index contributed by atoms with van der Waals surface area (Å²) >= 11 is 0. The average Bonchev–Trinajstić information content (AvgIpc) is 2.64. The number of aliphatic carboxylic acids is 1. The summed E-state index contributed by atoms with van der Waals surface area (Å²) < 4.78 is 0. The van der Waals surface area contributed by atoms with Gasteiger partial charge in [0.15, 0.2) is 0 Å². The fourth-order valence-electron chi connectivity index (χ4n) is 0.648. The summed E-state index contributed by atoms with van der Waals surface area (Å²) in [6.07, 6.45) is 5.81. The molecule has 1 rings (SSSR count). The van der Waals surface area contributed by atoms with Crippen LogP contribution in [-0.4, -0.2) is 17.1 Å². The largest absolute Gasteiger partial charge is 0.480 e. The summed E-state index contributed by atoms with van der Waals surface area (Å²) in [5, 5.41) is 8.34. The molecule has 0 amide bonds. The average molecular weight is 141 g/mol. The normalized spacial score (nSPS) is 21.3. The van der Waals surface area contributed by atoms with Gasteiger partial charge in [0.05, 0.1) is 0 Å². The molecule has 56 valence electrons. The van der Waals surface area contributed by atoms with Crippen LogP contribution in [-0.2, 0) is 4.79 Å². The number of hydrogen-bond donors (Lipinski definition) is 2. The van der Waals surface area contributed by atoms with Gasteiger partial charge in [-0.15, -0.1) is 0 Å². The van der Waals surface area contributed by atoms with Crippen molar-refractivity contribution in [2.75, 3.05) is 0 Å². The molecule has 0 aliphatic heterocycles. The molecule has 0 spiro atoms. The lowest BCUT2D eigenvalue weighted by Gasteiger charge is -1.95. The molecular formula is C7H11NO2. The van der Waals surface area contributed by atoms with Gasteiger partial charge in [-0.2, -0.15) is 0 Å². The van der Waals surface area contributed by atoms with Crippen molar-refractivity contribution < 1.29 is 9.90 Å². The van der Waals surface area contributed by atoms with E-state index in [0.29, 0.717) is 5.92 Å². The minimum atomic E-state index is -0.961. The van der Waals surface area contributed by atoms with Crippen molar-refractivity contribution in [3.8, 4) is 0 Å². The number of carboxylic acid groups (broad SMARTS) is 1. The van der Waals surface area contributed by atoms with Gasteiger partial charge in [-0.05, 0) is 18.8 Å². The van der Waals surface area contributed by atoms with Crippen LogP contribution in [0.1, 0.15) is 12.8 Å². The molecule has 0 unspecified atom stereocenters. The van der Waals surface area contributed by atoms with Gasteiger partial charge in [-0.1, -0.05) is 12.2 Å². The van der Waals surface area contributed by atoms with E-state index >= 15 is 0 Å². The van der Waals surface area contributed by atoms with E-state index in [-0.39, 0.29) is 0 Å². The maximum absolute atomic E-state index is 10.2. The first kappa shape index (κ1) is 7.28. The number of nitrogens with two attached hydrogens (primary N) is 1. The van der Waals surface area contributed by atoms with E-state index in [2.05, 4.69) is 0 Å². The van der Waals surface area contributed by atoms with Crippen LogP contribution in [0.25, 0.3) is 0 Å². The van der Waals surface area contributed by atoms with E-state index in [1.54, 1.807) is 6.08 Å². The molecule has 0 aromatic rings. The maximum atomic E-state index is 10.2. The maximum Gasteiger partial charge on any atom is 0.324 e. The summed E-state index contributed by atoms with van der Waals surface area (Å²) in [6.45, 7) is 0. The number of carboxylic acids is 1. The molecule has 0 aromatic carbocycles. The van der Waals surface area contributed by atoms with E-state index < -0.39 is 12.0 Å². The van der Waals surface area contributed by atoms with Gasteiger partial charge in [-0.25, -0.2) is 0 Å². The monoisotopic (exact) mass is 141 g/mol. The van der Waals surface area contributed by atoms with Gasteiger partial charge in [0, 0.05) is 0 Å². The molecule has 3 nitrogen and oxygen atoms in total. The molecule has 1 fully saturated rings. The Morgan fingerprint density at radius 1 is 1.70 bits per heavy atom. The fraction of sp³-hybridized carbons (Fsp3) is 0.571. The molecule has 10 heavy (non-hydrogen) atoms. The highest BCUT2D eigenvalue weighted by atomic mass is 16.4. The fourth-order valence-corrected chi connectivity index (χ4v) is 0.648. The lowest BCUT2D eigenvalue weighted by atomic mass is 10.2. The third-order valence-corrected chi connectivity index (χ3v) is 1.50. The summed E-state index contributed by atoms with van der Waals surface area (Å²) in [5.41, 5.74) is 5.21. The molecule has 0 saturated heterocycles. The second-order valence-corrected chi connectivity index (χ2v) is 2.59. The third-order valence-electron chi connectivity index (χ3n) is 1.50. The molecule has 1 atom stereocenters. The molecule has 1 aliphatic carbocycles. The first-order valence-corrected chi connectivity index (χ1v) is 3.37. The highest BCUT2D eigenvalue weighted by Crippen LogP contribution is 2.29. The van der Waals surface area contributed by atoms with Crippen LogP contribution >= 0.6 is 0 Å². The van der Waals surface area contributed by atoms with Crippen molar-refractivity contribution >= 4 is 5.97 Å². The Kier molecular flexibility index (Phi) is 2.06. The summed E-state index contributed by atoms with van der Waals surface area (Å²) in [4.78, 5) is 10.2. The molecular weight excluding hydrogens is 130 g/mol. The first-order chi connectivity index (χ1) is 4.70. The number of hydrogen-bond acceptors (Lipinski definition) is 2. The molecule has 0 heterocycles. The zero-order valence-corrected chi connectivity index (χ0v) is 5.66. The van der Waals surface area contributed by atoms with Gasteiger partial charge in [0.1, 0.15) is 6.04 Å². The quantitative estimate of drug-likeness (QED) is 0.558. The van der Waals surface area contributed by atoms with E-state index in [1.165, 1.54) is 12.8 Å². The lowest BCUT2D eigenvalue weighted by Crippen LogP contribution is -2.27. The van der Waals surface area contributed by atoms with Crippen LogP contribution in [0, 0.1) is 5.92 Å². The molecule has 1 saturated carbocycles. The van der Waals surface area contributed by atoms with Crippen molar-refractivity contribution in [2.24, 2.45) is 11.7 Å². The Morgan fingerprint density at radius 3 is 2.70 bits per heavy atom. The molecule has 1 aliphatic rings. The number of carbonyl (C=O) groups is 1. The Hall–Kier alpha value is -0.830. The Labute approximate surface area is 59.5 Å². The predicted octanol–water partition coefficient (Wildman–Crippen LogP) is 0.364. The Balaban J connectivity index is 2.27. The molecule has 3 N–H and O–H groups in total. The molecule has 0 bridgehead atoms. The minimum absolute atomic E-state index is 0.602. The van der Waals surface area contributed by atoms with Crippen LogP contribution in [0.15, 0.2) is 12.2 Å². The van der Waals surface area contributed by atoms with Crippen LogP contribution in [0.3, 0.4) is 0 Å².